The molecule has 0 saturated carbocycles. The highest BCUT2D eigenvalue weighted by Crippen LogP contribution is 2.22. The van der Waals surface area contributed by atoms with Crippen LogP contribution in [0.5, 0.6) is 0 Å². The molecule has 0 heterocycles. The van der Waals surface area contributed by atoms with Crippen LogP contribution in [0.2, 0.25) is 0 Å². The highest BCUT2D eigenvalue weighted by Gasteiger charge is 2.01. The highest BCUT2D eigenvalue weighted by molar-refractivity contribution is 5.78. The molecule has 0 aliphatic rings. The molecule has 86 valence electrons. The summed E-state index contributed by atoms with van der Waals surface area (Å²) in [5.41, 5.74) is 6.13. The van der Waals surface area contributed by atoms with Gasteiger partial charge in [-0.05, 0) is 35.6 Å². The second-order valence-electron chi connectivity index (χ2n) is 4.40. The Balaban J connectivity index is 2.27. The van der Waals surface area contributed by atoms with Crippen molar-refractivity contribution in [3.05, 3.63) is 77.4 Å². The van der Waals surface area contributed by atoms with E-state index in [1.54, 1.807) is 0 Å². The van der Waals surface area contributed by atoms with Gasteiger partial charge in [-0.2, -0.15) is 0 Å². The van der Waals surface area contributed by atoms with Gasteiger partial charge in [-0.3, -0.25) is 0 Å². The fourth-order valence-electron chi connectivity index (χ4n) is 1.86. The Morgan fingerprint density at radius 2 is 1.35 bits per heavy atom. The molecule has 0 saturated heterocycles. The van der Waals surface area contributed by atoms with E-state index in [1.165, 1.54) is 22.3 Å². The van der Waals surface area contributed by atoms with E-state index in [1.807, 2.05) is 0 Å². The third-order valence-electron chi connectivity index (χ3n) is 3.11. The van der Waals surface area contributed by atoms with Gasteiger partial charge in [0.15, 0.2) is 0 Å². The molecule has 0 fully saturated rings. The minimum atomic E-state index is 1.08. The van der Waals surface area contributed by atoms with Gasteiger partial charge in [0, 0.05) is 0 Å². The first kappa shape index (κ1) is 11.7. The van der Waals surface area contributed by atoms with Crippen LogP contribution in [0.1, 0.15) is 29.2 Å². The van der Waals surface area contributed by atoms with Gasteiger partial charge in [-0.1, -0.05) is 67.6 Å². The summed E-state index contributed by atoms with van der Waals surface area (Å²) in [4.78, 5) is 0. The Morgan fingerprint density at radius 1 is 0.882 bits per heavy atom. The maximum Gasteiger partial charge on any atom is -0.0183 e. The van der Waals surface area contributed by atoms with E-state index in [0.717, 1.165) is 12.0 Å². The van der Waals surface area contributed by atoms with Crippen LogP contribution in [0.4, 0.5) is 0 Å². The van der Waals surface area contributed by atoms with Crippen LogP contribution >= 0.6 is 0 Å². The summed E-state index contributed by atoms with van der Waals surface area (Å²) in [6, 6.07) is 17.2. The van der Waals surface area contributed by atoms with Crippen LogP contribution in [-0.2, 0) is 6.42 Å². The molecule has 0 aliphatic carbocycles. The van der Waals surface area contributed by atoms with Crippen molar-refractivity contribution in [2.45, 2.75) is 20.3 Å². The summed E-state index contributed by atoms with van der Waals surface area (Å²) in [6.45, 7) is 8.45. The molecule has 0 radical (unpaired) electrons. The van der Waals surface area contributed by atoms with Crippen LogP contribution in [0.25, 0.3) is 5.57 Å². The molecule has 0 spiro atoms. The Kier molecular flexibility index (Phi) is 3.43. The van der Waals surface area contributed by atoms with Crippen molar-refractivity contribution >= 4 is 5.57 Å². The van der Waals surface area contributed by atoms with Gasteiger partial charge in [0.1, 0.15) is 0 Å². The lowest BCUT2D eigenvalue weighted by atomic mass is 9.97. The zero-order valence-electron chi connectivity index (χ0n) is 10.5. The molecule has 0 unspecified atom stereocenters. The first-order valence-corrected chi connectivity index (χ1v) is 6.06. The molecule has 2 aromatic carbocycles. The fourth-order valence-corrected chi connectivity index (χ4v) is 1.86. The second-order valence-corrected chi connectivity index (χ2v) is 4.40. The number of hydrogen-bond donors (Lipinski definition) is 0. The van der Waals surface area contributed by atoms with E-state index in [4.69, 9.17) is 0 Å². The van der Waals surface area contributed by atoms with E-state index in [9.17, 15) is 0 Å². The van der Waals surface area contributed by atoms with Crippen molar-refractivity contribution < 1.29 is 0 Å². The number of aryl methyl sites for hydroxylation is 2. The predicted molar refractivity (Wildman–Crippen MR) is 75.1 cm³/mol. The Labute approximate surface area is 104 Å². The van der Waals surface area contributed by atoms with Gasteiger partial charge < -0.3 is 0 Å². The zero-order chi connectivity index (χ0) is 12.3. The van der Waals surface area contributed by atoms with Crippen LogP contribution < -0.4 is 0 Å². The minimum Gasteiger partial charge on any atom is -0.0906 e. The Hall–Kier alpha value is -1.82. The zero-order valence-corrected chi connectivity index (χ0v) is 10.5. The maximum atomic E-state index is 4.18. The van der Waals surface area contributed by atoms with E-state index in [-0.39, 0.29) is 0 Å². The van der Waals surface area contributed by atoms with Crippen molar-refractivity contribution in [3.8, 4) is 0 Å². The lowest BCUT2D eigenvalue weighted by Gasteiger charge is -2.07. The van der Waals surface area contributed by atoms with E-state index >= 15 is 0 Å². The topological polar surface area (TPSA) is 0 Å². The predicted octanol–water partition coefficient (Wildman–Crippen LogP) is 4.62. The van der Waals surface area contributed by atoms with Gasteiger partial charge in [-0.15, -0.1) is 0 Å². The van der Waals surface area contributed by atoms with Crippen LogP contribution in [0.3, 0.4) is 0 Å². The average Bonchev–Trinajstić information content (AvgIpc) is 2.39. The van der Waals surface area contributed by atoms with Crippen molar-refractivity contribution in [1.82, 2.24) is 0 Å². The number of hydrogen-bond acceptors (Lipinski definition) is 0. The van der Waals surface area contributed by atoms with Gasteiger partial charge in [0.25, 0.3) is 0 Å². The van der Waals surface area contributed by atoms with Gasteiger partial charge in [-0.25, -0.2) is 0 Å². The standard InChI is InChI=1S/C17H18/c1-4-15-7-11-17(12-8-15)14(3)16-9-5-13(2)6-10-16/h5-12H,3-4H2,1-2H3. The first-order chi connectivity index (χ1) is 8.20. The lowest BCUT2D eigenvalue weighted by molar-refractivity contribution is 1.14. The van der Waals surface area contributed by atoms with Gasteiger partial charge in [0.2, 0.25) is 0 Å². The number of rotatable bonds is 3. The SMILES string of the molecule is C=C(c1ccc(C)cc1)c1ccc(CC)cc1. The summed E-state index contributed by atoms with van der Waals surface area (Å²) < 4.78 is 0. The molecule has 2 rings (SSSR count). The molecule has 0 nitrogen and oxygen atoms in total. The van der Waals surface area contributed by atoms with Gasteiger partial charge >= 0.3 is 0 Å². The molecule has 0 N–H and O–H groups in total. The van der Waals surface area contributed by atoms with Crippen molar-refractivity contribution in [1.29, 1.82) is 0 Å². The third-order valence-corrected chi connectivity index (χ3v) is 3.11. The van der Waals surface area contributed by atoms with Crippen LogP contribution in [0.15, 0.2) is 55.1 Å². The normalized spacial score (nSPS) is 10.2. The molecular formula is C17H18. The highest BCUT2D eigenvalue weighted by atomic mass is 14.1. The monoisotopic (exact) mass is 222 g/mol. The lowest BCUT2D eigenvalue weighted by Crippen LogP contribution is -1.87. The summed E-state index contributed by atoms with van der Waals surface area (Å²) in [6.07, 6.45) is 1.08. The summed E-state index contributed by atoms with van der Waals surface area (Å²) in [5.74, 6) is 0. The summed E-state index contributed by atoms with van der Waals surface area (Å²) in [5, 5.41) is 0. The molecule has 2 aromatic rings. The Morgan fingerprint density at radius 3 is 1.82 bits per heavy atom. The molecular weight excluding hydrogens is 204 g/mol. The van der Waals surface area contributed by atoms with Crippen molar-refractivity contribution in [3.63, 3.8) is 0 Å². The molecule has 0 heteroatoms. The van der Waals surface area contributed by atoms with E-state index in [2.05, 4.69) is 69.0 Å². The largest absolute Gasteiger partial charge is 0.0906 e. The Bertz CT molecular complexity index is 501. The quantitative estimate of drug-likeness (QED) is 0.711. The fraction of sp³-hybridized carbons (Fsp3) is 0.176. The maximum absolute atomic E-state index is 4.18. The van der Waals surface area contributed by atoms with Gasteiger partial charge in [0.05, 0.1) is 0 Å². The molecule has 0 atom stereocenters. The van der Waals surface area contributed by atoms with E-state index in [0.29, 0.717) is 0 Å². The van der Waals surface area contributed by atoms with E-state index < -0.39 is 0 Å². The summed E-state index contributed by atoms with van der Waals surface area (Å²) in [7, 11) is 0. The summed E-state index contributed by atoms with van der Waals surface area (Å²) >= 11 is 0. The molecule has 0 aliphatic heterocycles. The third kappa shape index (κ3) is 2.65. The van der Waals surface area contributed by atoms with Crippen molar-refractivity contribution in [2.24, 2.45) is 0 Å². The second kappa shape index (κ2) is 5.01. The first-order valence-electron chi connectivity index (χ1n) is 6.06. The minimum absolute atomic E-state index is 1.08. The average molecular weight is 222 g/mol. The van der Waals surface area contributed by atoms with Crippen LogP contribution in [0, 0.1) is 6.92 Å². The molecule has 0 amide bonds. The molecule has 0 aromatic heterocycles. The van der Waals surface area contributed by atoms with Crippen molar-refractivity contribution in [2.75, 3.05) is 0 Å². The van der Waals surface area contributed by atoms with Crippen LogP contribution in [-0.4, -0.2) is 0 Å². The smallest absolute Gasteiger partial charge is 0.0183 e. The number of benzene rings is 2. The molecule has 17 heavy (non-hydrogen) atoms. The molecule has 0 bridgehead atoms.